The van der Waals surface area contributed by atoms with Gasteiger partial charge in [-0.15, -0.1) is 0 Å². The summed E-state index contributed by atoms with van der Waals surface area (Å²) in [5.74, 6) is 0.478. The Labute approximate surface area is 191 Å². The Bertz CT molecular complexity index is 1190. The van der Waals surface area contributed by atoms with Gasteiger partial charge in [0.25, 0.3) is 0 Å². The normalized spacial score (nSPS) is 16.9. The molecule has 0 saturated carbocycles. The first-order chi connectivity index (χ1) is 15.4. The Hall–Kier alpha value is -2.69. The van der Waals surface area contributed by atoms with Crippen LogP contribution in [0.15, 0.2) is 47.4 Å². The van der Waals surface area contributed by atoms with Crippen molar-refractivity contribution in [1.82, 2.24) is 9.29 Å². The van der Waals surface area contributed by atoms with E-state index < -0.39 is 16.1 Å². The minimum absolute atomic E-state index is 0.0732. The molecule has 2 heterocycles. The molecule has 10 heteroatoms. The highest BCUT2D eigenvalue weighted by Gasteiger charge is 2.40. The van der Waals surface area contributed by atoms with Gasteiger partial charge in [0.1, 0.15) is 6.04 Å². The summed E-state index contributed by atoms with van der Waals surface area (Å²) in [4.78, 5) is 17.5. The molecule has 1 fully saturated rings. The predicted molar refractivity (Wildman–Crippen MR) is 124 cm³/mol. The van der Waals surface area contributed by atoms with Crippen molar-refractivity contribution in [2.75, 3.05) is 25.1 Å². The van der Waals surface area contributed by atoms with Crippen LogP contribution in [0.5, 0.6) is 11.5 Å². The molecule has 0 spiro atoms. The van der Waals surface area contributed by atoms with Gasteiger partial charge in [-0.25, -0.2) is 13.4 Å². The van der Waals surface area contributed by atoms with Gasteiger partial charge in [0.2, 0.25) is 15.9 Å². The van der Waals surface area contributed by atoms with Gasteiger partial charge < -0.3 is 14.8 Å². The summed E-state index contributed by atoms with van der Waals surface area (Å²) in [6.07, 6.45) is 1.05. The number of aromatic nitrogens is 1. The summed E-state index contributed by atoms with van der Waals surface area (Å²) in [7, 11) is -3.90. The van der Waals surface area contributed by atoms with E-state index in [0.717, 1.165) is 10.2 Å². The maximum Gasteiger partial charge on any atom is 0.244 e. The van der Waals surface area contributed by atoms with Crippen LogP contribution >= 0.6 is 11.3 Å². The summed E-state index contributed by atoms with van der Waals surface area (Å²) in [5.41, 5.74) is 0.793. The molecule has 1 aliphatic heterocycles. The third-order valence-electron chi connectivity index (χ3n) is 5.15. The van der Waals surface area contributed by atoms with Crippen LogP contribution in [0, 0.1) is 0 Å². The van der Waals surface area contributed by atoms with Crippen molar-refractivity contribution in [3.63, 3.8) is 0 Å². The lowest BCUT2D eigenvalue weighted by molar-refractivity contribution is -0.119. The Morgan fingerprint density at radius 3 is 2.66 bits per heavy atom. The van der Waals surface area contributed by atoms with E-state index in [4.69, 9.17) is 9.47 Å². The van der Waals surface area contributed by atoms with Crippen molar-refractivity contribution < 1.29 is 22.7 Å². The molecule has 170 valence electrons. The SMILES string of the molecule is CCOc1ccc(S(=O)(=O)N2CCC[C@H]2C(=O)Nc2nc3ccccc3s2)cc1OCC. The molecule has 1 N–H and O–H groups in total. The Balaban J connectivity index is 1.57. The van der Waals surface area contributed by atoms with Crippen molar-refractivity contribution in [3.8, 4) is 11.5 Å². The zero-order valence-corrected chi connectivity index (χ0v) is 19.5. The number of carbonyl (C=O) groups is 1. The molecule has 0 bridgehead atoms. The van der Waals surface area contributed by atoms with Crippen LogP contribution in [0.1, 0.15) is 26.7 Å². The molecule has 1 atom stereocenters. The van der Waals surface area contributed by atoms with Gasteiger partial charge in [0, 0.05) is 12.6 Å². The van der Waals surface area contributed by atoms with Gasteiger partial charge in [-0.2, -0.15) is 4.31 Å². The van der Waals surface area contributed by atoms with Crippen LogP contribution < -0.4 is 14.8 Å². The van der Waals surface area contributed by atoms with Crippen LogP contribution in [-0.4, -0.2) is 49.4 Å². The molecule has 1 saturated heterocycles. The van der Waals surface area contributed by atoms with Gasteiger partial charge in [0.15, 0.2) is 16.6 Å². The molecule has 8 nitrogen and oxygen atoms in total. The average Bonchev–Trinajstić information content (AvgIpc) is 3.42. The molecule has 0 unspecified atom stereocenters. The van der Waals surface area contributed by atoms with Crippen LogP contribution in [-0.2, 0) is 14.8 Å². The molecule has 1 aliphatic rings. The molecule has 32 heavy (non-hydrogen) atoms. The first kappa shape index (κ1) is 22.5. The monoisotopic (exact) mass is 475 g/mol. The number of para-hydroxylation sites is 1. The molecular weight excluding hydrogens is 450 g/mol. The van der Waals surface area contributed by atoms with Crippen LogP contribution in [0.3, 0.4) is 0 Å². The van der Waals surface area contributed by atoms with E-state index >= 15 is 0 Å². The van der Waals surface area contributed by atoms with E-state index in [1.54, 1.807) is 6.07 Å². The molecule has 1 aromatic heterocycles. The van der Waals surface area contributed by atoms with E-state index in [0.29, 0.717) is 42.7 Å². The number of thiazole rings is 1. The highest BCUT2D eigenvalue weighted by molar-refractivity contribution is 7.89. The first-order valence-corrected chi connectivity index (χ1v) is 12.8. The van der Waals surface area contributed by atoms with Crippen molar-refractivity contribution in [2.45, 2.75) is 37.6 Å². The number of fused-ring (bicyclic) bond motifs is 1. The lowest BCUT2D eigenvalue weighted by Crippen LogP contribution is -2.43. The minimum atomic E-state index is -3.90. The molecular formula is C22H25N3O5S2. The van der Waals surface area contributed by atoms with E-state index in [-0.39, 0.29) is 17.3 Å². The van der Waals surface area contributed by atoms with Gasteiger partial charge in [-0.1, -0.05) is 23.5 Å². The number of carbonyl (C=O) groups excluding carboxylic acids is 1. The van der Waals surface area contributed by atoms with Gasteiger partial charge in [0.05, 0.1) is 28.3 Å². The number of nitrogens with one attached hydrogen (secondary N) is 1. The number of hydrogen-bond donors (Lipinski definition) is 1. The van der Waals surface area contributed by atoms with Crippen molar-refractivity contribution in [1.29, 1.82) is 0 Å². The molecule has 0 aliphatic carbocycles. The quantitative estimate of drug-likeness (QED) is 0.531. The predicted octanol–water partition coefficient (Wildman–Crippen LogP) is 3.89. The summed E-state index contributed by atoms with van der Waals surface area (Å²) in [6, 6.07) is 11.3. The second kappa shape index (κ2) is 9.43. The fourth-order valence-electron chi connectivity index (χ4n) is 3.73. The van der Waals surface area contributed by atoms with E-state index in [2.05, 4.69) is 10.3 Å². The topological polar surface area (TPSA) is 97.8 Å². The number of amides is 1. The van der Waals surface area contributed by atoms with E-state index in [1.807, 2.05) is 38.1 Å². The van der Waals surface area contributed by atoms with Gasteiger partial charge >= 0.3 is 0 Å². The largest absolute Gasteiger partial charge is 0.490 e. The Morgan fingerprint density at radius 2 is 1.91 bits per heavy atom. The molecule has 1 amide bonds. The van der Waals surface area contributed by atoms with Gasteiger partial charge in [-0.3, -0.25) is 4.79 Å². The van der Waals surface area contributed by atoms with Crippen LogP contribution in [0.4, 0.5) is 5.13 Å². The van der Waals surface area contributed by atoms with Crippen molar-refractivity contribution >= 4 is 42.6 Å². The summed E-state index contributed by atoms with van der Waals surface area (Å²) in [6.45, 7) is 4.75. The maximum absolute atomic E-state index is 13.4. The minimum Gasteiger partial charge on any atom is -0.490 e. The zero-order valence-electron chi connectivity index (χ0n) is 17.9. The highest BCUT2D eigenvalue weighted by atomic mass is 32.2. The maximum atomic E-state index is 13.4. The standard InChI is InChI=1S/C22H25N3O5S2/c1-3-29-18-12-11-15(14-19(18)30-4-2)32(27,28)25-13-7-9-17(25)21(26)24-22-23-16-8-5-6-10-20(16)31-22/h5-6,8,10-12,14,17H,3-4,7,9,13H2,1-2H3,(H,23,24,26)/t17-/m0/s1. The van der Waals surface area contributed by atoms with Crippen LogP contribution in [0.25, 0.3) is 10.2 Å². The van der Waals surface area contributed by atoms with E-state index in [9.17, 15) is 13.2 Å². The average molecular weight is 476 g/mol. The number of nitrogens with zero attached hydrogens (tertiary/aromatic N) is 2. The van der Waals surface area contributed by atoms with Crippen LogP contribution in [0.2, 0.25) is 0 Å². The number of rotatable bonds is 8. The second-order valence-electron chi connectivity index (χ2n) is 7.22. The second-order valence-corrected chi connectivity index (χ2v) is 10.1. The number of ether oxygens (including phenoxy) is 2. The summed E-state index contributed by atoms with van der Waals surface area (Å²) in [5, 5.41) is 3.26. The summed E-state index contributed by atoms with van der Waals surface area (Å²) < 4.78 is 40.1. The molecule has 0 radical (unpaired) electrons. The number of benzene rings is 2. The third kappa shape index (κ3) is 4.43. The highest BCUT2D eigenvalue weighted by Crippen LogP contribution is 2.34. The smallest absolute Gasteiger partial charge is 0.244 e. The van der Waals surface area contributed by atoms with Crippen molar-refractivity contribution in [3.05, 3.63) is 42.5 Å². The lowest BCUT2D eigenvalue weighted by Gasteiger charge is -2.23. The van der Waals surface area contributed by atoms with Gasteiger partial charge in [-0.05, 0) is 51.0 Å². The Kier molecular flexibility index (Phi) is 6.63. The first-order valence-electron chi connectivity index (χ1n) is 10.5. The molecule has 2 aromatic carbocycles. The Morgan fingerprint density at radius 1 is 1.16 bits per heavy atom. The third-order valence-corrected chi connectivity index (χ3v) is 8.01. The summed E-state index contributed by atoms with van der Waals surface area (Å²) >= 11 is 1.36. The fraction of sp³-hybridized carbons (Fsp3) is 0.364. The fourth-order valence-corrected chi connectivity index (χ4v) is 6.27. The molecule has 3 aromatic rings. The molecule has 4 rings (SSSR count). The number of sulfonamides is 1. The number of anilines is 1. The lowest BCUT2D eigenvalue weighted by atomic mass is 10.2. The number of hydrogen-bond acceptors (Lipinski definition) is 7. The zero-order chi connectivity index (χ0) is 22.7. The van der Waals surface area contributed by atoms with Crippen molar-refractivity contribution in [2.24, 2.45) is 0 Å². The van der Waals surface area contributed by atoms with E-state index in [1.165, 1.54) is 27.8 Å².